The maximum Gasteiger partial charge on any atom is 0.406 e. The molecule has 2 fully saturated rings. The summed E-state index contributed by atoms with van der Waals surface area (Å²) >= 11 is 6.27. The maximum atomic E-state index is 13.3. The van der Waals surface area contributed by atoms with Crippen molar-refractivity contribution in [3.05, 3.63) is 34.9 Å². The van der Waals surface area contributed by atoms with Gasteiger partial charge in [0.05, 0.1) is 32.0 Å². The summed E-state index contributed by atoms with van der Waals surface area (Å²) in [4.78, 5) is 26.5. The van der Waals surface area contributed by atoms with Crippen LogP contribution in [0.3, 0.4) is 0 Å². The second-order valence-corrected chi connectivity index (χ2v) is 10.6. The van der Waals surface area contributed by atoms with Crippen LogP contribution in [0.25, 0.3) is 0 Å². The summed E-state index contributed by atoms with van der Waals surface area (Å²) in [5, 5.41) is 16.9. The van der Waals surface area contributed by atoms with Crippen molar-refractivity contribution in [2.45, 2.75) is 69.6 Å². The van der Waals surface area contributed by atoms with Gasteiger partial charge in [-0.1, -0.05) is 55.8 Å². The molecule has 1 aliphatic carbocycles. The average molecular weight is 539 g/mol. The number of rotatable bonds is 11. The number of likely N-dealkylation sites (tertiary alicyclic amines) is 1. The summed E-state index contributed by atoms with van der Waals surface area (Å²) in [6, 6.07) is 7.03. The van der Waals surface area contributed by atoms with Crippen LogP contribution < -0.4 is 16.4 Å². The molecule has 9 nitrogen and oxygen atoms in total. The SMILES string of the molecule is COC(=O)NCCO[C@@H](c1cccc(Cl)c1)[C@@H]1CCCN(C(=O)N[C@@H](CC2CCCCC2)[C@H](O)CN)C1. The van der Waals surface area contributed by atoms with E-state index in [0.29, 0.717) is 37.2 Å². The van der Waals surface area contributed by atoms with Gasteiger partial charge in [-0.05, 0) is 42.9 Å². The molecule has 3 amide bonds. The number of urea groups is 1. The molecule has 1 saturated heterocycles. The van der Waals surface area contributed by atoms with Crippen LogP contribution in [0.2, 0.25) is 5.02 Å². The number of carbonyl (C=O) groups excluding carboxylic acids is 2. The number of carbonyl (C=O) groups is 2. The lowest BCUT2D eigenvalue weighted by molar-refractivity contribution is -0.00902. The molecule has 1 heterocycles. The number of hydrogen-bond donors (Lipinski definition) is 4. The minimum absolute atomic E-state index is 0.0484. The number of nitrogens with two attached hydrogens (primary N) is 1. The van der Waals surface area contributed by atoms with Gasteiger partial charge < -0.3 is 35.8 Å². The number of aliphatic hydroxyl groups is 1. The molecule has 2 aliphatic rings. The van der Waals surface area contributed by atoms with E-state index >= 15 is 0 Å². The molecule has 1 aromatic rings. The van der Waals surface area contributed by atoms with Gasteiger partial charge in [0, 0.05) is 37.1 Å². The number of halogens is 1. The molecular weight excluding hydrogens is 496 g/mol. The van der Waals surface area contributed by atoms with E-state index in [2.05, 4.69) is 15.4 Å². The van der Waals surface area contributed by atoms with Gasteiger partial charge in [0.1, 0.15) is 0 Å². The van der Waals surface area contributed by atoms with Gasteiger partial charge in [-0.25, -0.2) is 9.59 Å². The first-order valence-electron chi connectivity index (χ1n) is 13.5. The largest absolute Gasteiger partial charge is 0.453 e. The quantitative estimate of drug-likeness (QED) is 0.317. The highest BCUT2D eigenvalue weighted by atomic mass is 35.5. The molecule has 0 radical (unpaired) electrons. The Hall–Kier alpha value is -2.07. The van der Waals surface area contributed by atoms with Gasteiger partial charge in [-0.2, -0.15) is 0 Å². The number of benzene rings is 1. The summed E-state index contributed by atoms with van der Waals surface area (Å²) < 4.78 is 10.9. The van der Waals surface area contributed by atoms with Gasteiger partial charge in [0.15, 0.2) is 0 Å². The number of nitrogens with zero attached hydrogens (tertiary/aromatic N) is 1. The molecule has 1 aliphatic heterocycles. The van der Waals surface area contributed by atoms with E-state index in [1.807, 2.05) is 29.2 Å². The third-order valence-corrected chi connectivity index (χ3v) is 7.77. The number of amides is 3. The number of piperidine rings is 1. The molecule has 4 atom stereocenters. The number of methoxy groups -OCH3 is 1. The Morgan fingerprint density at radius 3 is 2.70 bits per heavy atom. The Kier molecular flexibility index (Phi) is 12.2. The molecule has 37 heavy (non-hydrogen) atoms. The Balaban J connectivity index is 1.65. The monoisotopic (exact) mass is 538 g/mol. The highest BCUT2D eigenvalue weighted by molar-refractivity contribution is 6.30. The number of ether oxygens (including phenoxy) is 2. The molecule has 0 spiro atoms. The fourth-order valence-electron chi connectivity index (χ4n) is 5.55. The van der Waals surface area contributed by atoms with E-state index < -0.39 is 12.2 Å². The zero-order valence-electron chi connectivity index (χ0n) is 21.9. The van der Waals surface area contributed by atoms with Crippen LogP contribution in [0.4, 0.5) is 9.59 Å². The smallest absolute Gasteiger partial charge is 0.406 e. The van der Waals surface area contributed by atoms with Crippen molar-refractivity contribution in [2.24, 2.45) is 17.6 Å². The highest BCUT2D eigenvalue weighted by Gasteiger charge is 2.33. The first kappa shape index (κ1) is 29.5. The zero-order chi connectivity index (χ0) is 26.6. The van der Waals surface area contributed by atoms with Gasteiger partial charge in [0.25, 0.3) is 0 Å². The Bertz CT molecular complexity index is 854. The Morgan fingerprint density at radius 1 is 1.22 bits per heavy atom. The second kappa shape index (κ2) is 15.4. The predicted octanol–water partition coefficient (Wildman–Crippen LogP) is 3.83. The van der Waals surface area contributed by atoms with Gasteiger partial charge in [0.2, 0.25) is 0 Å². The zero-order valence-corrected chi connectivity index (χ0v) is 22.6. The van der Waals surface area contributed by atoms with Crippen molar-refractivity contribution in [2.75, 3.05) is 39.9 Å². The van der Waals surface area contributed by atoms with E-state index in [1.165, 1.54) is 26.4 Å². The van der Waals surface area contributed by atoms with Gasteiger partial charge in [-0.15, -0.1) is 0 Å². The molecule has 10 heteroatoms. The van der Waals surface area contributed by atoms with Crippen LogP contribution in [0.15, 0.2) is 24.3 Å². The first-order valence-corrected chi connectivity index (χ1v) is 13.9. The van der Waals surface area contributed by atoms with Crippen molar-refractivity contribution >= 4 is 23.7 Å². The summed E-state index contributed by atoms with van der Waals surface area (Å²) in [6.07, 6.45) is 6.87. The second-order valence-electron chi connectivity index (χ2n) is 10.2. The third kappa shape index (κ3) is 9.32. The van der Waals surface area contributed by atoms with E-state index in [-0.39, 0.29) is 30.6 Å². The number of alkyl carbamates (subject to hydrolysis) is 1. The summed E-state index contributed by atoms with van der Waals surface area (Å²) in [5.41, 5.74) is 6.72. The molecule has 0 bridgehead atoms. The standard InChI is InChI=1S/C27H43ClN4O5/c1-36-27(35)30-12-14-37-25(20-9-5-11-22(28)16-20)21-10-6-13-32(18-21)26(34)31-23(24(33)17-29)15-19-7-3-2-4-8-19/h5,9,11,16,19,21,23-25,33H,2-4,6-8,10,12-15,17-18,29H2,1H3,(H,30,35)(H,31,34)/t21-,23+,24-,25+/m1/s1. The molecule has 208 valence electrons. The predicted molar refractivity (Wildman–Crippen MR) is 143 cm³/mol. The summed E-state index contributed by atoms with van der Waals surface area (Å²) in [6.45, 7) is 1.87. The molecule has 1 saturated carbocycles. The lowest BCUT2D eigenvalue weighted by atomic mass is 9.83. The van der Waals surface area contributed by atoms with Crippen LogP contribution in [-0.2, 0) is 9.47 Å². The minimum Gasteiger partial charge on any atom is -0.453 e. The van der Waals surface area contributed by atoms with Gasteiger partial charge in [-0.3, -0.25) is 0 Å². The van der Waals surface area contributed by atoms with Crippen LogP contribution >= 0.6 is 11.6 Å². The van der Waals surface area contributed by atoms with Crippen molar-refractivity contribution in [3.8, 4) is 0 Å². The first-order chi connectivity index (χ1) is 17.9. The van der Waals surface area contributed by atoms with Crippen LogP contribution in [0.1, 0.15) is 63.0 Å². The van der Waals surface area contributed by atoms with E-state index in [0.717, 1.165) is 37.7 Å². The molecule has 0 unspecified atom stereocenters. The molecule has 0 aromatic heterocycles. The fourth-order valence-corrected chi connectivity index (χ4v) is 5.75. The van der Waals surface area contributed by atoms with Crippen LogP contribution in [0.5, 0.6) is 0 Å². The summed E-state index contributed by atoms with van der Waals surface area (Å²) in [7, 11) is 1.32. The maximum absolute atomic E-state index is 13.3. The fraction of sp³-hybridized carbons (Fsp3) is 0.704. The Labute approximate surface area is 225 Å². The van der Waals surface area contributed by atoms with Crippen LogP contribution in [-0.4, -0.2) is 74.2 Å². The number of nitrogens with one attached hydrogen (secondary N) is 2. The normalized spacial score (nSPS) is 21.1. The topological polar surface area (TPSA) is 126 Å². The van der Waals surface area contributed by atoms with Crippen molar-refractivity contribution < 1.29 is 24.2 Å². The van der Waals surface area contributed by atoms with E-state index in [4.69, 9.17) is 22.1 Å². The van der Waals surface area contributed by atoms with Gasteiger partial charge >= 0.3 is 12.1 Å². The summed E-state index contributed by atoms with van der Waals surface area (Å²) in [5.74, 6) is 0.556. The molecule has 3 rings (SSSR count). The molecule has 1 aromatic carbocycles. The molecular formula is C27H43ClN4O5. The van der Waals surface area contributed by atoms with Crippen molar-refractivity contribution in [1.82, 2.24) is 15.5 Å². The Morgan fingerprint density at radius 2 is 2.00 bits per heavy atom. The van der Waals surface area contributed by atoms with E-state index in [9.17, 15) is 14.7 Å². The third-order valence-electron chi connectivity index (χ3n) is 7.53. The van der Waals surface area contributed by atoms with Crippen molar-refractivity contribution in [3.63, 3.8) is 0 Å². The minimum atomic E-state index is -0.767. The molecule has 5 N–H and O–H groups in total. The van der Waals surface area contributed by atoms with Crippen molar-refractivity contribution in [1.29, 1.82) is 0 Å². The van der Waals surface area contributed by atoms with Crippen LogP contribution in [0, 0.1) is 11.8 Å². The number of aliphatic hydroxyl groups excluding tert-OH is 1. The van der Waals surface area contributed by atoms with E-state index in [1.54, 1.807) is 0 Å². The highest BCUT2D eigenvalue weighted by Crippen LogP contribution is 2.34. The lowest BCUT2D eigenvalue weighted by Crippen LogP contribution is -2.54. The lowest BCUT2D eigenvalue weighted by Gasteiger charge is -2.38. The number of hydrogen-bond acceptors (Lipinski definition) is 6. The average Bonchev–Trinajstić information content (AvgIpc) is 2.92.